The van der Waals surface area contributed by atoms with Gasteiger partial charge in [0.25, 0.3) is 5.91 Å². The molecule has 8 heterocycles. The number of aliphatic hydroxyl groups excluding tert-OH is 6. The van der Waals surface area contributed by atoms with Crippen molar-refractivity contribution in [2.75, 3.05) is 47.0 Å². The number of nitrogens with one attached hydrogen (secondary N) is 11. The van der Waals surface area contributed by atoms with E-state index in [9.17, 15) is 69.9 Å². The number of primary amides is 1. The number of amides is 11. The summed E-state index contributed by atoms with van der Waals surface area (Å²) in [6.45, 7) is 8.45. The van der Waals surface area contributed by atoms with Crippen LogP contribution in [0.3, 0.4) is 0 Å². The standard InChI is InChI=1S/C84H99Cl2N13O27/c1-8-120-44-15-9-38(10-16-44)11-20-60(105)91-59-21-23-99(83(118)92-59)24-22-89-84(5)34-61(121-37(4)74(84)110)125-73-71(109)70(108)57(35-100)124-82(73)126-72-55-29-42-30-56(72)123-54-19-14-41(28-48(54)86)69(107)67-80(116)95-65(81(117)98-119-7)46-31-43(101)32-52(103)62(46)45-26-39(12-17-51(45)102)63(77(113)97-67)94-78(114)64(42)93-76(112)50(33-58(87)104)90-79(115)66(96-75(111)49(88-6)25-36(2)3)68(106)40-13-18-53(122-55)47(85)27-40/h9-20,26-32,36-37,49-50,57,59,61,63-71,73-74,82,88-89,100-103,106-110H,8,21-25,33-35H2,1-7H3,(H2,87,104)(H,90,115)(H,91,105)(H,92,118)(H,93,112)(H,94,114)(H,95,116)(H,96,111)(H,97,113)(H,98,117)/b20-11+. The fourth-order valence-corrected chi connectivity index (χ4v) is 16.0. The van der Waals surface area contributed by atoms with Gasteiger partial charge in [0, 0.05) is 61.3 Å². The van der Waals surface area contributed by atoms with E-state index in [0.29, 0.717) is 18.8 Å². The van der Waals surface area contributed by atoms with E-state index in [1.54, 1.807) is 37.3 Å². The number of ether oxygens (including phenoxy) is 7. The topological polar surface area (TPSA) is 588 Å². The summed E-state index contributed by atoms with van der Waals surface area (Å²) in [6, 6.07) is 6.29. The monoisotopic (exact) mass is 1790 g/mol. The molecule has 19 atom stereocenters. The number of halogens is 2. The molecule has 14 rings (SSSR count). The lowest BCUT2D eigenvalue weighted by molar-refractivity contribution is -0.334. The van der Waals surface area contributed by atoms with E-state index < -0.39 is 255 Å². The number of nitrogens with zero attached hydrogens (tertiary/aromatic N) is 1. The Kier molecular flexibility index (Phi) is 29.9. The maximum absolute atomic E-state index is 16.3. The third kappa shape index (κ3) is 21.3. The number of urea groups is 1. The fourth-order valence-electron chi connectivity index (χ4n) is 15.5. The van der Waals surface area contributed by atoms with Crippen molar-refractivity contribution in [3.63, 3.8) is 0 Å². The smallest absolute Gasteiger partial charge is 0.319 e. The number of hydroxylamine groups is 1. The van der Waals surface area contributed by atoms with Crippen molar-refractivity contribution < 1.29 is 132 Å². The first-order valence-corrected chi connectivity index (χ1v) is 41.0. The summed E-state index contributed by atoms with van der Waals surface area (Å²) in [5.41, 5.74) is 4.61. The first-order valence-electron chi connectivity index (χ1n) is 40.3. The quantitative estimate of drug-likeness (QED) is 0.0317. The lowest BCUT2D eigenvalue weighted by Gasteiger charge is -2.48. The first-order chi connectivity index (χ1) is 60.0. The largest absolute Gasteiger partial charge is 0.508 e. The van der Waals surface area contributed by atoms with Crippen LogP contribution in [0.4, 0.5) is 4.79 Å². The highest BCUT2D eigenvalue weighted by Crippen LogP contribution is 2.50. The number of rotatable bonds is 23. The number of phenolic OH excluding ortho intramolecular Hbond substituents is 3. The average molecular weight is 1790 g/mol. The summed E-state index contributed by atoms with van der Waals surface area (Å²) in [4.78, 5) is 152. The molecule has 0 aliphatic carbocycles. The van der Waals surface area contributed by atoms with Gasteiger partial charge in [0.1, 0.15) is 107 Å². The predicted octanol–water partition coefficient (Wildman–Crippen LogP) is 1.30. The molecule has 42 heteroatoms. The van der Waals surface area contributed by atoms with Crippen LogP contribution < -0.4 is 83.3 Å². The number of hydrogen-bond acceptors (Lipinski definition) is 29. The number of nitrogens with two attached hydrogens (primary N) is 1. The fraction of sp³-hybridized carbons (Fsp3) is 0.429. The molecule has 6 aromatic rings. The molecule has 8 aliphatic rings. The van der Waals surface area contributed by atoms with E-state index in [0.717, 1.165) is 79.4 Å². The van der Waals surface area contributed by atoms with Crippen molar-refractivity contribution in [3.8, 4) is 62.9 Å². The Morgan fingerprint density at radius 2 is 1.37 bits per heavy atom. The Bertz CT molecular complexity index is 5130. The van der Waals surface area contributed by atoms with Crippen molar-refractivity contribution in [2.24, 2.45) is 11.7 Å². The highest BCUT2D eigenvalue weighted by molar-refractivity contribution is 6.32. The molecule has 0 radical (unpaired) electrons. The van der Waals surface area contributed by atoms with Crippen molar-refractivity contribution in [2.45, 2.75) is 176 Å². The molecule has 22 N–H and O–H groups in total. The second-order valence-corrected chi connectivity index (χ2v) is 32.3. The number of phenols is 3. The van der Waals surface area contributed by atoms with Crippen LogP contribution in [0.5, 0.6) is 51.7 Å². The molecule has 676 valence electrons. The summed E-state index contributed by atoms with van der Waals surface area (Å²) in [5, 5.41) is 132. The summed E-state index contributed by atoms with van der Waals surface area (Å²) in [7, 11) is 2.51. The number of fused-ring (bicyclic) bond motifs is 15. The molecule has 0 saturated carbocycles. The highest BCUT2D eigenvalue weighted by Gasteiger charge is 2.53. The van der Waals surface area contributed by atoms with E-state index in [1.165, 1.54) is 37.1 Å². The van der Waals surface area contributed by atoms with Crippen LogP contribution in [-0.2, 0) is 62.2 Å². The van der Waals surface area contributed by atoms with Gasteiger partial charge in [-0.15, -0.1) is 0 Å². The Morgan fingerprint density at radius 3 is 2.00 bits per heavy atom. The maximum atomic E-state index is 16.3. The van der Waals surface area contributed by atoms with Gasteiger partial charge in [-0.3, -0.25) is 48.0 Å². The molecule has 19 unspecified atom stereocenters. The molecule has 40 nitrogen and oxygen atoms in total. The Balaban J connectivity index is 0.968. The molecular weight excluding hydrogens is 1690 g/mol. The highest BCUT2D eigenvalue weighted by atomic mass is 35.5. The molecule has 0 spiro atoms. The van der Waals surface area contributed by atoms with Gasteiger partial charge in [0.05, 0.1) is 55.0 Å². The van der Waals surface area contributed by atoms with Gasteiger partial charge in [-0.25, -0.2) is 10.3 Å². The number of likely N-dealkylation sites (N-methyl/N-ethyl adjacent to an activating group) is 1. The van der Waals surface area contributed by atoms with Crippen LogP contribution in [0.15, 0.2) is 109 Å². The number of carbonyl (C=O) groups excluding carboxylic acids is 10. The molecule has 8 aliphatic heterocycles. The number of benzene rings is 6. The Hall–Kier alpha value is -11.7. The van der Waals surface area contributed by atoms with Gasteiger partial charge < -0.3 is 143 Å². The molecule has 0 aromatic heterocycles. The minimum Gasteiger partial charge on any atom is -0.508 e. The van der Waals surface area contributed by atoms with Crippen LogP contribution >= 0.6 is 23.2 Å². The van der Waals surface area contributed by atoms with Crippen molar-refractivity contribution in [3.05, 3.63) is 153 Å². The lowest BCUT2D eigenvalue weighted by Crippen LogP contribution is -2.66. The molecule has 11 amide bonds. The zero-order valence-corrected chi connectivity index (χ0v) is 70.5. The number of aromatic hydroxyl groups is 3. The molecule has 3 fully saturated rings. The summed E-state index contributed by atoms with van der Waals surface area (Å²) in [5.74, 6) is -15.2. The third-order valence-corrected chi connectivity index (χ3v) is 22.7. The summed E-state index contributed by atoms with van der Waals surface area (Å²) >= 11 is 14.4. The van der Waals surface area contributed by atoms with E-state index in [4.69, 9.17) is 66.9 Å². The SMILES string of the molecule is CCOc1ccc(/C=C/C(=O)NC2CCN(CCNC3(C)CC(OC4C(Oc5c6cc7cc5Oc5ccc(cc5Cl)C(O)C5NC(=O)C(NC(=O)C7NC(=O)C(CC(N)=O)NC(=O)C(NC(=O)C(CC(C)C)NC)C(O)c7ccc(c(Cl)c7)O6)c6ccc(O)c(c6)-c6c(O)cc(O)cc6C(C(=O)NOC)NC5=O)OC(CO)C(O)C4O)OC(C)C3O)C(=O)N2)cc1. The minimum atomic E-state index is -2.38. The summed E-state index contributed by atoms with van der Waals surface area (Å²) < 4.78 is 45.0. The van der Waals surface area contributed by atoms with Crippen molar-refractivity contribution in [1.82, 2.24) is 63.5 Å². The van der Waals surface area contributed by atoms with Crippen molar-refractivity contribution >= 4 is 88.5 Å². The second kappa shape index (κ2) is 40.3. The van der Waals surface area contributed by atoms with Crippen LogP contribution in [0.25, 0.3) is 17.2 Å². The Labute approximate surface area is 730 Å². The van der Waals surface area contributed by atoms with E-state index >= 15 is 24.0 Å². The van der Waals surface area contributed by atoms with E-state index in [1.807, 2.05) is 20.8 Å². The number of carbonyl (C=O) groups is 10. The first kappa shape index (κ1) is 93.4. The molecule has 126 heavy (non-hydrogen) atoms. The van der Waals surface area contributed by atoms with Crippen LogP contribution in [-0.4, -0.2) is 242 Å². The maximum Gasteiger partial charge on any atom is 0.319 e. The normalized spacial score (nSPS) is 27.2. The molecule has 6 aromatic carbocycles. The van der Waals surface area contributed by atoms with Gasteiger partial charge in [-0.1, -0.05) is 67.4 Å². The second-order valence-electron chi connectivity index (χ2n) is 31.5. The minimum absolute atomic E-state index is 0.0483. The van der Waals surface area contributed by atoms with Gasteiger partial charge >= 0.3 is 6.03 Å². The molecule has 11 bridgehead atoms. The Morgan fingerprint density at radius 1 is 0.722 bits per heavy atom. The van der Waals surface area contributed by atoms with E-state index in [-0.39, 0.29) is 65.9 Å². The van der Waals surface area contributed by atoms with Crippen LogP contribution in [0, 0.1) is 5.92 Å². The van der Waals surface area contributed by atoms with E-state index in [2.05, 4.69) is 58.6 Å². The van der Waals surface area contributed by atoms with Gasteiger partial charge in [0.15, 0.2) is 23.9 Å². The zero-order chi connectivity index (χ0) is 91.0. The third-order valence-electron chi connectivity index (χ3n) is 22.1. The predicted molar refractivity (Wildman–Crippen MR) is 444 cm³/mol. The molecular formula is C84H99Cl2N13O27. The lowest BCUT2D eigenvalue weighted by atomic mass is 9.85. The molecule has 3 saturated heterocycles. The number of hydrogen-bond donors (Lipinski definition) is 21. The zero-order valence-electron chi connectivity index (χ0n) is 69.0. The van der Waals surface area contributed by atoms with Crippen molar-refractivity contribution in [1.29, 1.82) is 0 Å². The van der Waals surface area contributed by atoms with Gasteiger partial charge in [0.2, 0.25) is 59.3 Å². The van der Waals surface area contributed by atoms with Crippen LogP contribution in [0.2, 0.25) is 10.0 Å². The van der Waals surface area contributed by atoms with Gasteiger partial charge in [-0.05, 0) is 146 Å². The number of aliphatic hydroxyl groups is 6. The van der Waals surface area contributed by atoms with Gasteiger partial charge in [-0.2, -0.15) is 0 Å². The summed E-state index contributed by atoms with van der Waals surface area (Å²) in [6.07, 6.45) is -16.7. The van der Waals surface area contributed by atoms with Crippen LogP contribution in [0.1, 0.15) is 124 Å². The average Bonchev–Trinajstić information content (AvgIpc) is 0.765.